The van der Waals surface area contributed by atoms with Gasteiger partial charge in [-0.3, -0.25) is 0 Å². The van der Waals surface area contributed by atoms with E-state index in [1.807, 2.05) is 26.8 Å². The van der Waals surface area contributed by atoms with Crippen LogP contribution in [-0.2, 0) is 10.0 Å². The SMILES string of the molecule is C/C=C(\I)[C@H]1[C@H](C)[C@@H](O)CN1S(=O)(=O)c1ccc(C)cc1. The molecule has 0 aromatic heterocycles. The van der Waals surface area contributed by atoms with Crippen molar-refractivity contribution in [2.75, 3.05) is 6.54 Å². The molecule has 1 aliphatic heterocycles. The van der Waals surface area contributed by atoms with Gasteiger partial charge in [0.2, 0.25) is 10.0 Å². The number of β-amino-alcohol motifs (C(OH)–C–C–N with tert-alkyl or cyclic N) is 1. The second-order valence-corrected chi connectivity index (χ2v) is 8.57. The minimum absolute atomic E-state index is 0.117. The summed E-state index contributed by atoms with van der Waals surface area (Å²) in [5.74, 6) is -0.117. The van der Waals surface area contributed by atoms with E-state index in [0.29, 0.717) is 0 Å². The van der Waals surface area contributed by atoms with Gasteiger partial charge in [0.1, 0.15) is 0 Å². The number of aliphatic hydroxyl groups excluding tert-OH is 1. The van der Waals surface area contributed by atoms with Gasteiger partial charge >= 0.3 is 0 Å². The Morgan fingerprint density at radius 2 is 1.95 bits per heavy atom. The maximum absolute atomic E-state index is 12.9. The van der Waals surface area contributed by atoms with Gasteiger partial charge in [-0.2, -0.15) is 4.31 Å². The molecular formula is C15H20INO3S. The van der Waals surface area contributed by atoms with E-state index in [2.05, 4.69) is 22.6 Å². The number of hydrogen-bond acceptors (Lipinski definition) is 3. The molecule has 6 heteroatoms. The first-order valence-corrected chi connectivity index (χ1v) is 9.39. The van der Waals surface area contributed by atoms with E-state index in [-0.39, 0.29) is 23.4 Å². The summed E-state index contributed by atoms with van der Waals surface area (Å²) in [5.41, 5.74) is 1.02. The second-order valence-electron chi connectivity index (χ2n) is 5.43. The van der Waals surface area contributed by atoms with Crippen LogP contribution in [0.4, 0.5) is 0 Å². The molecule has 1 fully saturated rings. The van der Waals surface area contributed by atoms with Crippen molar-refractivity contribution < 1.29 is 13.5 Å². The van der Waals surface area contributed by atoms with Gasteiger partial charge in [0, 0.05) is 16.0 Å². The van der Waals surface area contributed by atoms with Gasteiger partial charge in [0.15, 0.2) is 0 Å². The smallest absolute Gasteiger partial charge is 0.243 e. The van der Waals surface area contributed by atoms with Crippen LogP contribution < -0.4 is 0 Å². The fourth-order valence-electron chi connectivity index (χ4n) is 2.59. The van der Waals surface area contributed by atoms with Gasteiger partial charge < -0.3 is 5.11 Å². The predicted octanol–water partition coefficient (Wildman–Crippen LogP) is 2.70. The third kappa shape index (κ3) is 3.18. The summed E-state index contributed by atoms with van der Waals surface area (Å²) in [6.45, 7) is 5.84. The number of sulfonamides is 1. The van der Waals surface area contributed by atoms with Crippen molar-refractivity contribution in [3.8, 4) is 0 Å². The van der Waals surface area contributed by atoms with Crippen molar-refractivity contribution in [1.29, 1.82) is 0 Å². The van der Waals surface area contributed by atoms with Gasteiger partial charge in [-0.25, -0.2) is 8.42 Å². The Balaban J connectivity index is 2.45. The van der Waals surface area contributed by atoms with Gasteiger partial charge in [0.05, 0.1) is 17.0 Å². The predicted molar refractivity (Wildman–Crippen MR) is 91.8 cm³/mol. The molecule has 1 aliphatic rings. The first kappa shape index (κ1) is 16.9. The van der Waals surface area contributed by atoms with Crippen LogP contribution >= 0.6 is 22.6 Å². The summed E-state index contributed by atoms with van der Waals surface area (Å²) in [7, 11) is -3.60. The Morgan fingerprint density at radius 3 is 2.48 bits per heavy atom. The second kappa shape index (κ2) is 6.36. The first-order chi connectivity index (χ1) is 9.78. The van der Waals surface area contributed by atoms with E-state index < -0.39 is 16.1 Å². The Morgan fingerprint density at radius 1 is 1.38 bits per heavy atom. The molecule has 0 amide bonds. The number of nitrogens with zero attached hydrogens (tertiary/aromatic N) is 1. The number of allylic oxidation sites excluding steroid dienone is 1. The molecule has 21 heavy (non-hydrogen) atoms. The first-order valence-electron chi connectivity index (χ1n) is 6.87. The average molecular weight is 421 g/mol. The number of aliphatic hydroxyl groups is 1. The summed E-state index contributed by atoms with van der Waals surface area (Å²) in [6, 6.07) is 6.53. The highest BCUT2D eigenvalue weighted by molar-refractivity contribution is 14.1. The molecule has 0 bridgehead atoms. The van der Waals surface area contributed by atoms with Crippen molar-refractivity contribution in [3.05, 3.63) is 39.5 Å². The van der Waals surface area contributed by atoms with Gasteiger partial charge in [-0.1, -0.05) is 30.7 Å². The zero-order chi connectivity index (χ0) is 15.8. The van der Waals surface area contributed by atoms with Crippen molar-refractivity contribution >= 4 is 32.6 Å². The maximum atomic E-state index is 12.9. The molecule has 1 heterocycles. The largest absolute Gasteiger partial charge is 0.391 e. The van der Waals surface area contributed by atoms with E-state index in [1.165, 1.54) is 4.31 Å². The molecule has 0 radical (unpaired) electrons. The molecule has 0 aliphatic carbocycles. The molecule has 1 saturated heterocycles. The summed E-state index contributed by atoms with van der Waals surface area (Å²) < 4.78 is 28.1. The van der Waals surface area contributed by atoms with Crippen LogP contribution in [0.25, 0.3) is 0 Å². The average Bonchev–Trinajstić information content (AvgIpc) is 2.75. The van der Waals surface area contributed by atoms with Crippen LogP contribution in [0.1, 0.15) is 19.4 Å². The zero-order valence-electron chi connectivity index (χ0n) is 12.3. The molecule has 1 aromatic carbocycles. The summed E-state index contributed by atoms with van der Waals surface area (Å²) >= 11 is 2.16. The van der Waals surface area contributed by atoms with Gasteiger partial charge in [0.25, 0.3) is 0 Å². The van der Waals surface area contributed by atoms with E-state index in [0.717, 1.165) is 9.14 Å². The van der Waals surface area contributed by atoms with Crippen LogP contribution in [0.15, 0.2) is 38.8 Å². The number of benzene rings is 1. The number of rotatable bonds is 3. The number of aryl methyl sites for hydroxylation is 1. The maximum Gasteiger partial charge on any atom is 0.243 e. The molecule has 1 aromatic rings. The molecule has 0 saturated carbocycles. The molecule has 4 nitrogen and oxygen atoms in total. The summed E-state index contributed by atoms with van der Waals surface area (Å²) in [6.07, 6.45) is 1.26. The highest BCUT2D eigenvalue weighted by atomic mass is 127. The third-order valence-corrected chi connectivity index (χ3v) is 7.09. The monoisotopic (exact) mass is 421 g/mol. The van der Waals surface area contributed by atoms with Crippen LogP contribution in [0.5, 0.6) is 0 Å². The third-order valence-electron chi connectivity index (χ3n) is 3.97. The minimum atomic E-state index is -3.60. The lowest BCUT2D eigenvalue weighted by Crippen LogP contribution is -2.37. The van der Waals surface area contributed by atoms with E-state index in [4.69, 9.17) is 0 Å². The molecule has 3 atom stereocenters. The molecular weight excluding hydrogens is 401 g/mol. The molecule has 0 unspecified atom stereocenters. The lowest BCUT2D eigenvalue weighted by atomic mass is 10.0. The van der Waals surface area contributed by atoms with E-state index in [1.54, 1.807) is 24.3 Å². The molecule has 2 rings (SSSR count). The zero-order valence-corrected chi connectivity index (χ0v) is 15.3. The Kier molecular flexibility index (Phi) is 5.12. The minimum Gasteiger partial charge on any atom is -0.391 e. The Bertz CT molecular complexity index is 639. The Labute approximate surface area is 140 Å². The van der Waals surface area contributed by atoms with Crippen LogP contribution in [0, 0.1) is 12.8 Å². The van der Waals surface area contributed by atoms with Gasteiger partial charge in [-0.05, 0) is 48.6 Å². The molecule has 1 N–H and O–H groups in total. The van der Waals surface area contributed by atoms with E-state index in [9.17, 15) is 13.5 Å². The molecule has 116 valence electrons. The van der Waals surface area contributed by atoms with E-state index >= 15 is 0 Å². The van der Waals surface area contributed by atoms with Crippen LogP contribution in [-0.4, -0.2) is 36.5 Å². The van der Waals surface area contributed by atoms with Crippen molar-refractivity contribution in [1.82, 2.24) is 4.31 Å². The summed E-state index contributed by atoms with van der Waals surface area (Å²) in [5, 5.41) is 10.1. The topological polar surface area (TPSA) is 57.6 Å². The standard InChI is InChI=1S/C15H20INO3S/c1-4-13(16)15-11(3)14(18)9-17(15)21(19,20)12-7-5-10(2)6-8-12/h4-8,11,14-15,18H,9H2,1-3H3/b13-4-/t11-,14+,15-/m1/s1. The fourth-order valence-corrected chi connectivity index (χ4v) is 5.39. The summed E-state index contributed by atoms with van der Waals surface area (Å²) in [4.78, 5) is 0.278. The lowest BCUT2D eigenvalue weighted by Gasteiger charge is -2.26. The van der Waals surface area contributed by atoms with Crippen molar-refractivity contribution in [2.24, 2.45) is 5.92 Å². The number of halogens is 1. The molecule has 0 spiro atoms. The quantitative estimate of drug-likeness (QED) is 0.764. The highest BCUT2D eigenvalue weighted by Gasteiger charge is 2.45. The Hall–Kier alpha value is -0.440. The lowest BCUT2D eigenvalue weighted by molar-refractivity contribution is 0.150. The number of hydrogen-bond donors (Lipinski definition) is 1. The van der Waals surface area contributed by atoms with Crippen molar-refractivity contribution in [3.63, 3.8) is 0 Å². The van der Waals surface area contributed by atoms with Crippen LogP contribution in [0.2, 0.25) is 0 Å². The van der Waals surface area contributed by atoms with Gasteiger partial charge in [-0.15, -0.1) is 0 Å². The normalized spacial score (nSPS) is 28.0. The van der Waals surface area contributed by atoms with Crippen molar-refractivity contribution in [2.45, 2.75) is 37.8 Å². The van der Waals surface area contributed by atoms with Crippen LogP contribution in [0.3, 0.4) is 0 Å². The fraction of sp³-hybridized carbons (Fsp3) is 0.467. The highest BCUT2D eigenvalue weighted by Crippen LogP contribution is 2.36.